The molecule has 3 aromatic rings. The van der Waals surface area contributed by atoms with Crippen LogP contribution in [0, 0.1) is 5.82 Å². The molecule has 3 heterocycles. The third-order valence-electron chi connectivity index (χ3n) is 4.03. The van der Waals surface area contributed by atoms with Crippen molar-refractivity contribution < 1.29 is 4.39 Å². The Kier molecular flexibility index (Phi) is 2.39. The SMILES string of the molecule is CC1CCc2nc3ccc(-c4cncc(F)c4)cc3n21. The summed E-state index contributed by atoms with van der Waals surface area (Å²) in [5.74, 6) is 0.844. The van der Waals surface area contributed by atoms with Gasteiger partial charge in [-0.1, -0.05) is 6.07 Å². The van der Waals surface area contributed by atoms with Gasteiger partial charge in [0.15, 0.2) is 0 Å². The third kappa shape index (κ3) is 1.64. The molecule has 1 aliphatic heterocycles. The van der Waals surface area contributed by atoms with Gasteiger partial charge in [0.25, 0.3) is 0 Å². The van der Waals surface area contributed by atoms with Crippen molar-refractivity contribution in [1.29, 1.82) is 0 Å². The molecule has 20 heavy (non-hydrogen) atoms. The molecular formula is C16H14FN3. The predicted molar refractivity (Wildman–Crippen MR) is 76.0 cm³/mol. The first-order valence-corrected chi connectivity index (χ1v) is 6.84. The van der Waals surface area contributed by atoms with E-state index in [1.165, 1.54) is 12.3 Å². The van der Waals surface area contributed by atoms with Crippen LogP contribution in [0.1, 0.15) is 25.2 Å². The predicted octanol–water partition coefficient (Wildman–Crippen LogP) is 3.74. The van der Waals surface area contributed by atoms with Crippen LogP contribution < -0.4 is 0 Å². The second-order valence-corrected chi connectivity index (χ2v) is 5.38. The highest BCUT2D eigenvalue weighted by molar-refractivity contribution is 5.83. The average Bonchev–Trinajstić information content (AvgIpc) is 2.98. The van der Waals surface area contributed by atoms with E-state index in [0.717, 1.165) is 40.8 Å². The van der Waals surface area contributed by atoms with Crippen LogP contribution >= 0.6 is 0 Å². The lowest BCUT2D eigenvalue weighted by molar-refractivity contribution is 0.596. The number of imidazole rings is 1. The van der Waals surface area contributed by atoms with Crippen molar-refractivity contribution in [2.24, 2.45) is 0 Å². The Morgan fingerprint density at radius 2 is 2.10 bits per heavy atom. The van der Waals surface area contributed by atoms with Crippen molar-refractivity contribution in [1.82, 2.24) is 14.5 Å². The van der Waals surface area contributed by atoms with Gasteiger partial charge >= 0.3 is 0 Å². The molecule has 2 aromatic heterocycles. The molecule has 1 aromatic carbocycles. The van der Waals surface area contributed by atoms with Crippen molar-refractivity contribution in [3.8, 4) is 11.1 Å². The molecule has 4 rings (SSSR count). The summed E-state index contributed by atoms with van der Waals surface area (Å²) in [6.45, 7) is 2.22. The number of aryl methyl sites for hydroxylation is 1. The second kappa shape index (κ2) is 4.13. The van der Waals surface area contributed by atoms with Crippen LogP contribution in [0.4, 0.5) is 4.39 Å². The number of nitrogens with zero attached hydrogens (tertiary/aromatic N) is 3. The lowest BCUT2D eigenvalue weighted by atomic mass is 10.1. The number of benzene rings is 1. The summed E-state index contributed by atoms with van der Waals surface area (Å²) in [6.07, 6.45) is 5.09. The molecule has 0 radical (unpaired) electrons. The second-order valence-electron chi connectivity index (χ2n) is 5.38. The van der Waals surface area contributed by atoms with Gasteiger partial charge in [-0.05, 0) is 37.1 Å². The van der Waals surface area contributed by atoms with Crippen LogP contribution in [-0.2, 0) is 6.42 Å². The van der Waals surface area contributed by atoms with E-state index >= 15 is 0 Å². The summed E-state index contributed by atoms with van der Waals surface area (Å²) >= 11 is 0. The Morgan fingerprint density at radius 3 is 2.95 bits per heavy atom. The van der Waals surface area contributed by atoms with Gasteiger partial charge in [-0.15, -0.1) is 0 Å². The summed E-state index contributed by atoms with van der Waals surface area (Å²) < 4.78 is 15.6. The van der Waals surface area contributed by atoms with Crippen molar-refractivity contribution >= 4 is 11.0 Å². The molecule has 4 heteroatoms. The van der Waals surface area contributed by atoms with Gasteiger partial charge in [0.1, 0.15) is 11.6 Å². The number of halogens is 1. The van der Waals surface area contributed by atoms with E-state index in [1.807, 2.05) is 12.1 Å². The van der Waals surface area contributed by atoms with E-state index in [4.69, 9.17) is 0 Å². The number of fused-ring (bicyclic) bond motifs is 3. The normalized spacial score (nSPS) is 17.6. The summed E-state index contributed by atoms with van der Waals surface area (Å²) in [5.41, 5.74) is 3.92. The van der Waals surface area contributed by atoms with Gasteiger partial charge in [-0.3, -0.25) is 4.98 Å². The van der Waals surface area contributed by atoms with Crippen LogP contribution in [0.2, 0.25) is 0 Å². The minimum absolute atomic E-state index is 0.311. The van der Waals surface area contributed by atoms with E-state index in [1.54, 1.807) is 6.20 Å². The van der Waals surface area contributed by atoms with Gasteiger partial charge < -0.3 is 4.57 Å². The highest BCUT2D eigenvalue weighted by Gasteiger charge is 2.22. The molecule has 1 aliphatic rings. The zero-order valence-electron chi connectivity index (χ0n) is 11.2. The molecule has 0 aliphatic carbocycles. The standard InChI is InChI=1S/C16H14FN3/c1-10-2-5-16-19-14-4-3-11(7-15(14)20(10)16)12-6-13(17)9-18-8-12/h3-4,6-10H,2,5H2,1H3. The lowest BCUT2D eigenvalue weighted by Crippen LogP contribution is -1.98. The van der Waals surface area contributed by atoms with Gasteiger partial charge in [0, 0.05) is 24.2 Å². The fourth-order valence-electron chi connectivity index (χ4n) is 3.03. The summed E-state index contributed by atoms with van der Waals surface area (Å²) in [4.78, 5) is 8.59. The Hall–Kier alpha value is -2.23. The zero-order chi connectivity index (χ0) is 13.7. The summed E-state index contributed by atoms with van der Waals surface area (Å²) in [6, 6.07) is 8.07. The van der Waals surface area contributed by atoms with Gasteiger partial charge in [0.2, 0.25) is 0 Å². The topological polar surface area (TPSA) is 30.7 Å². The lowest BCUT2D eigenvalue weighted by Gasteiger charge is -2.08. The van der Waals surface area contributed by atoms with Crippen molar-refractivity contribution in [3.63, 3.8) is 0 Å². The van der Waals surface area contributed by atoms with Crippen LogP contribution in [0.15, 0.2) is 36.7 Å². The monoisotopic (exact) mass is 267 g/mol. The first-order valence-electron chi connectivity index (χ1n) is 6.84. The Labute approximate surface area is 116 Å². The summed E-state index contributed by atoms with van der Waals surface area (Å²) in [7, 11) is 0. The molecular weight excluding hydrogens is 253 g/mol. The highest BCUT2D eigenvalue weighted by atomic mass is 19.1. The van der Waals surface area contributed by atoms with E-state index < -0.39 is 0 Å². The van der Waals surface area contributed by atoms with Gasteiger partial charge in [-0.2, -0.15) is 0 Å². The Bertz CT molecular complexity index is 807. The van der Waals surface area contributed by atoms with E-state index in [9.17, 15) is 4.39 Å². The van der Waals surface area contributed by atoms with Crippen LogP contribution in [-0.4, -0.2) is 14.5 Å². The molecule has 3 nitrogen and oxygen atoms in total. The van der Waals surface area contributed by atoms with Crippen LogP contribution in [0.5, 0.6) is 0 Å². The molecule has 0 spiro atoms. The summed E-state index contributed by atoms with van der Waals surface area (Å²) in [5, 5.41) is 0. The van der Waals surface area contributed by atoms with Gasteiger partial charge in [0.05, 0.1) is 17.2 Å². The molecule has 0 saturated carbocycles. The third-order valence-corrected chi connectivity index (χ3v) is 4.03. The Balaban J connectivity index is 1.92. The minimum Gasteiger partial charge on any atom is -0.325 e. The fourth-order valence-corrected chi connectivity index (χ4v) is 3.03. The Morgan fingerprint density at radius 1 is 1.20 bits per heavy atom. The number of hydrogen-bond donors (Lipinski definition) is 0. The minimum atomic E-state index is -0.311. The smallest absolute Gasteiger partial charge is 0.142 e. The maximum absolute atomic E-state index is 13.3. The van der Waals surface area contributed by atoms with Gasteiger partial charge in [-0.25, -0.2) is 9.37 Å². The molecule has 100 valence electrons. The molecule has 0 amide bonds. The van der Waals surface area contributed by atoms with Crippen molar-refractivity contribution in [2.75, 3.05) is 0 Å². The zero-order valence-corrected chi connectivity index (χ0v) is 11.2. The number of rotatable bonds is 1. The number of aromatic nitrogens is 3. The molecule has 1 atom stereocenters. The first kappa shape index (κ1) is 11.6. The molecule has 1 unspecified atom stereocenters. The average molecular weight is 267 g/mol. The van der Waals surface area contributed by atoms with Crippen molar-refractivity contribution in [3.05, 3.63) is 48.3 Å². The number of hydrogen-bond acceptors (Lipinski definition) is 2. The molecule has 0 N–H and O–H groups in total. The molecule has 0 fully saturated rings. The van der Waals surface area contributed by atoms with Crippen molar-refractivity contribution in [2.45, 2.75) is 25.8 Å². The number of pyridine rings is 1. The van der Waals surface area contributed by atoms with Crippen LogP contribution in [0.3, 0.4) is 0 Å². The van der Waals surface area contributed by atoms with E-state index in [0.29, 0.717) is 6.04 Å². The van der Waals surface area contributed by atoms with Crippen LogP contribution in [0.25, 0.3) is 22.2 Å². The van der Waals surface area contributed by atoms with E-state index in [2.05, 4.69) is 27.5 Å². The first-order chi connectivity index (χ1) is 9.72. The largest absolute Gasteiger partial charge is 0.325 e. The molecule has 0 saturated heterocycles. The van der Waals surface area contributed by atoms with E-state index in [-0.39, 0.29) is 5.82 Å². The quantitative estimate of drug-likeness (QED) is 0.672. The highest BCUT2D eigenvalue weighted by Crippen LogP contribution is 2.32. The fraction of sp³-hybridized carbons (Fsp3) is 0.250. The maximum Gasteiger partial charge on any atom is 0.142 e. The maximum atomic E-state index is 13.3. The molecule has 0 bridgehead atoms.